The zero-order valence-corrected chi connectivity index (χ0v) is 7.30. The lowest BCUT2D eigenvalue weighted by atomic mass is 10.7. The van der Waals surface area contributed by atoms with Crippen LogP contribution in [-0.2, 0) is 14.2 Å². The fraction of sp³-hybridized carbons (Fsp3) is 0.833. The minimum atomic E-state index is -0.868. The summed E-state index contributed by atoms with van der Waals surface area (Å²) in [7, 11) is 0. The molecule has 0 unspecified atom stereocenters. The lowest BCUT2D eigenvalue weighted by molar-refractivity contribution is 0.0306. The molecule has 0 heterocycles. The fourth-order valence-electron chi connectivity index (χ4n) is 0.477. The maximum absolute atomic E-state index is 10.6. The van der Waals surface area contributed by atoms with Crippen LogP contribution in [0.4, 0.5) is 4.79 Å². The Morgan fingerprint density at radius 2 is 2.23 bits per heavy atom. The average molecular weight is 189 g/mol. The highest BCUT2D eigenvalue weighted by Gasteiger charge is 2.00. The van der Waals surface area contributed by atoms with Crippen molar-refractivity contribution < 1.29 is 19.0 Å². The maximum Gasteiger partial charge on any atom is 0.508 e. The standard InChI is InChI=1S/C6H11N3O4/c1-2-11-3-4-12-6(10)13-5-8-9-7/h2-5H2,1H3. The van der Waals surface area contributed by atoms with Gasteiger partial charge in [0.1, 0.15) is 6.61 Å². The van der Waals surface area contributed by atoms with Crippen LogP contribution in [0, 0.1) is 0 Å². The molecule has 0 aliphatic rings. The largest absolute Gasteiger partial charge is 0.508 e. The van der Waals surface area contributed by atoms with E-state index in [0.29, 0.717) is 13.2 Å². The van der Waals surface area contributed by atoms with Crippen LogP contribution in [0.15, 0.2) is 5.11 Å². The van der Waals surface area contributed by atoms with Gasteiger partial charge in [-0.15, -0.1) is 0 Å². The molecule has 0 spiro atoms. The van der Waals surface area contributed by atoms with E-state index in [0.717, 1.165) is 0 Å². The van der Waals surface area contributed by atoms with Crippen LogP contribution in [0.2, 0.25) is 0 Å². The Morgan fingerprint density at radius 3 is 2.85 bits per heavy atom. The van der Waals surface area contributed by atoms with E-state index in [1.807, 2.05) is 6.92 Å². The molecule has 7 nitrogen and oxygen atoms in total. The normalized spacial score (nSPS) is 8.69. The Hall–Kier alpha value is -1.46. The third kappa shape index (κ3) is 8.45. The van der Waals surface area contributed by atoms with Gasteiger partial charge in [0.05, 0.1) is 6.61 Å². The second kappa shape index (κ2) is 8.63. The lowest BCUT2D eigenvalue weighted by Crippen LogP contribution is -2.11. The van der Waals surface area contributed by atoms with E-state index in [1.165, 1.54) is 0 Å². The maximum atomic E-state index is 10.6. The molecule has 0 aromatic rings. The Bertz CT molecular complexity index is 190. The number of rotatable bonds is 6. The molecular weight excluding hydrogens is 178 g/mol. The highest BCUT2D eigenvalue weighted by atomic mass is 16.7. The van der Waals surface area contributed by atoms with Gasteiger partial charge in [-0.1, -0.05) is 5.11 Å². The first-order valence-electron chi connectivity index (χ1n) is 3.69. The summed E-state index contributed by atoms with van der Waals surface area (Å²) in [6, 6.07) is 0. The van der Waals surface area contributed by atoms with Crippen LogP contribution in [0.5, 0.6) is 0 Å². The van der Waals surface area contributed by atoms with Crippen molar-refractivity contribution in [3.8, 4) is 0 Å². The van der Waals surface area contributed by atoms with Crippen molar-refractivity contribution in [2.45, 2.75) is 6.92 Å². The fourth-order valence-corrected chi connectivity index (χ4v) is 0.477. The number of hydrogen-bond donors (Lipinski definition) is 0. The molecule has 0 bridgehead atoms. The number of ether oxygens (including phenoxy) is 3. The second-order valence-corrected chi connectivity index (χ2v) is 1.80. The van der Waals surface area contributed by atoms with E-state index in [-0.39, 0.29) is 13.3 Å². The monoisotopic (exact) mass is 189 g/mol. The summed E-state index contributed by atoms with van der Waals surface area (Å²) in [6.45, 7) is 2.50. The molecule has 0 radical (unpaired) electrons. The summed E-state index contributed by atoms with van der Waals surface area (Å²) in [5.41, 5.74) is 7.83. The van der Waals surface area contributed by atoms with Crippen LogP contribution in [0.25, 0.3) is 10.4 Å². The van der Waals surface area contributed by atoms with E-state index in [2.05, 4.69) is 19.5 Å². The first kappa shape index (κ1) is 11.5. The summed E-state index contributed by atoms with van der Waals surface area (Å²) in [5.74, 6) is 0. The Balaban J connectivity index is 3.25. The van der Waals surface area contributed by atoms with Crippen molar-refractivity contribution in [3.63, 3.8) is 0 Å². The van der Waals surface area contributed by atoms with Gasteiger partial charge >= 0.3 is 6.16 Å². The molecule has 13 heavy (non-hydrogen) atoms. The number of carbonyl (C=O) groups is 1. The minimum Gasteiger partial charge on any atom is -0.432 e. The van der Waals surface area contributed by atoms with Gasteiger partial charge in [-0.2, -0.15) is 0 Å². The molecule has 0 saturated heterocycles. The molecule has 74 valence electrons. The van der Waals surface area contributed by atoms with E-state index in [4.69, 9.17) is 10.3 Å². The van der Waals surface area contributed by atoms with Gasteiger partial charge in [-0.05, 0) is 12.5 Å². The van der Waals surface area contributed by atoms with Crippen molar-refractivity contribution in [2.75, 3.05) is 26.6 Å². The summed E-state index contributed by atoms with van der Waals surface area (Å²) >= 11 is 0. The van der Waals surface area contributed by atoms with Gasteiger partial charge in [-0.25, -0.2) is 4.79 Å². The van der Waals surface area contributed by atoms with Gasteiger partial charge in [0.15, 0.2) is 6.73 Å². The molecule has 0 N–H and O–H groups in total. The van der Waals surface area contributed by atoms with Crippen molar-refractivity contribution in [3.05, 3.63) is 10.4 Å². The number of carbonyl (C=O) groups excluding carboxylic acids is 1. The molecule has 0 aliphatic carbocycles. The summed E-state index contributed by atoms with van der Waals surface area (Å²) in [5, 5.41) is 2.98. The van der Waals surface area contributed by atoms with E-state index in [9.17, 15) is 4.79 Å². The van der Waals surface area contributed by atoms with Gasteiger partial charge in [0, 0.05) is 11.5 Å². The molecule has 0 aliphatic heterocycles. The van der Waals surface area contributed by atoms with Crippen molar-refractivity contribution >= 4 is 6.16 Å². The highest BCUT2D eigenvalue weighted by Crippen LogP contribution is 1.86. The molecule has 0 fully saturated rings. The number of nitrogens with zero attached hydrogens (tertiary/aromatic N) is 3. The van der Waals surface area contributed by atoms with Crippen molar-refractivity contribution in [1.82, 2.24) is 0 Å². The molecule has 0 saturated carbocycles. The van der Waals surface area contributed by atoms with Crippen LogP contribution in [0.3, 0.4) is 0 Å². The van der Waals surface area contributed by atoms with E-state index in [1.54, 1.807) is 0 Å². The zero-order valence-electron chi connectivity index (χ0n) is 7.30. The van der Waals surface area contributed by atoms with E-state index >= 15 is 0 Å². The van der Waals surface area contributed by atoms with Crippen LogP contribution >= 0.6 is 0 Å². The lowest BCUT2D eigenvalue weighted by Gasteiger charge is -2.03. The first-order chi connectivity index (χ1) is 6.31. The topological polar surface area (TPSA) is 93.5 Å². The second-order valence-electron chi connectivity index (χ2n) is 1.80. The predicted octanol–water partition coefficient (Wildman–Crippen LogP) is 1.44. The third-order valence-electron chi connectivity index (χ3n) is 0.955. The predicted molar refractivity (Wildman–Crippen MR) is 42.9 cm³/mol. The summed E-state index contributed by atoms with van der Waals surface area (Å²) in [6.07, 6.45) is -0.868. The smallest absolute Gasteiger partial charge is 0.432 e. The molecule has 0 atom stereocenters. The quantitative estimate of drug-likeness (QED) is 0.208. The summed E-state index contributed by atoms with van der Waals surface area (Å²) in [4.78, 5) is 13.0. The Kier molecular flexibility index (Phi) is 7.67. The molecule has 0 amide bonds. The van der Waals surface area contributed by atoms with Crippen LogP contribution in [-0.4, -0.2) is 32.7 Å². The molecule has 7 heteroatoms. The minimum absolute atomic E-state index is 0.128. The van der Waals surface area contributed by atoms with Crippen LogP contribution in [0.1, 0.15) is 6.92 Å². The highest BCUT2D eigenvalue weighted by molar-refractivity contribution is 5.59. The van der Waals surface area contributed by atoms with Crippen LogP contribution < -0.4 is 0 Å². The Labute approximate surface area is 75.2 Å². The van der Waals surface area contributed by atoms with Gasteiger partial charge < -0.3 is 14.2 Å². The molecule has 0 rings (SSSR count). The molecule has 0 aromatic carbocycles. The van der Waals surface area contributed by atoms with E-state index < -0.39 is 6.16 Å². The molecular formula is C6H11N3O4. The first-order valence-corrected chi connectivity index (χ1v) is 3.69. The zero-order chi connectivity index (χ0) is 9.94. The third-order valence-corrected chi connectivity index (χ3v) is 0.955. The summed E-state index contributed by atoms with van der Waals surface area (Å²) < 4.78 is 13.7. The van der Waals surface area contributed by atoms with Crippen molar-refractivity contribution in [2.24, 2.45) is 5.11 Å². The number of azide groups is 1. The number of hydrogen-bond acceptors (Lipinski definition) is 5. The Morgan fingerprint density at radius 1 is 1.46 bits per heavy atom. The van der Waals surface area contributed by atoms with Gasteiger partial charge in [-0.3, -0.25) is 0 Å². The molecule has 0 aromatic heterocycles. The SMILES string of the molecule is CCOCCOC(=O)OCN=[N+]=[N-]. The van der Waals surface area contributed by atoms with Gasteiger partial charge in [0.2, 0.25) is 0 Å². The van der Waals surface area contributed by atoms with Gasteiger partial charge in [0.25, 0.3) is 0 Å². The average Bonchev–Trinajstić information content (AvgIpc) is 2.13. The van der Waals surface area contributed by atoms with Crippen molar-refractivity contribution in [1.29, 1.82) is 0 Å².